The van der Waals surface area contributed by atoms with Crippen molar-refractivity contribution in [3.63, 3.8) is 0 Å². The van der Waals surface area contributed by atoms with Crippen molar-refractivity contribution in [3.05, 3.63) is 54.6 Å². The lowest BCUT2D eigenvalue weighted by atomic mass is 10.1. The highest BCUT2D eigenvalue weighted by atomic mass is 16.6. The highest BCUT2D eigenvalue weighted by Crippen LogP contribution is 2.36. The summed E-state index contributed by atoms with van der Waals surface area (Å²) in [5.74, 6) is 1.03. The van der Waals surface area contributed by atoms with Gasteiger partial charge >= 0.3 is 6.01 Å². The van der Waals surface area contributed by atoms with Crippen molar-refractivity contribution in [1.29, 1.82) is 0 Å². The molecule has 4 atom stereocenters. The Kier molecular flexibility index (Phi) is 6.84. The Morgan fingerprint density at radius 2 is 1.81 bits per heavy atom. The van der Waals surface area contributed by atoms with Crippen LogP contribution in [0.5, 0.6) is 17.5 Å². The van der Waals surface area contributed by atoms with E-state index in [0.29, 0.717) is 37.9 Å². The topological polar surface area (TPSA) is 122 Å². The third kappa shape index (κ3) is 5.22. The quantitative estimate of drug-likeness (QED) is 0.475. The Balaban J connectivity index is 1.08. The fraction of sp³-hybridized carbons (Fsp3) is 0.440. The third-order valence-corrected chi connectivity index (χ3v) is 6.67. The molecule has 12 heteroatoms. The molecular formula is C25H28N6O6. The van der Waals surface area contributed by atoms with Crippen LogP contribution in [-0.4, -0.2) is 90.5 Å². The van der Waals surface area contributed by atoms with Crippen LogP contribution in [0.25, 0.3) is 0 Å². The number of aromatic nitrogens is 4. The molecule has 3 fully saturated rings. The van der Waals surface area contributed by atoms with E-state index in [0.717, 1.165) is 18.8 Å². The predicted octanol–water partition coefficient (Wildman–Crippen LogP) is 1.20. The fourth-order valence-electron chi connectivity index (χ4n) is 4.86. The number of carbonyl (C=O) groups is 1. The van der Waals surface area contributed by atoms with Gasteiger partial charge in [-0.25, -0.2) is 0 Å². The van der Waals surface area contributed by atoms with Crippen LogP contribution in [0.2, 0.25) is 0 Å². The van der Waals surface area contributed by atoms with E-state index in [4.69, 9.17) is 23.7 Å². The zero-order valence-electron chi connectivity index (χ0n) is 20.1. The van der Waals surface area contributed by atoms with Crippen LogP contribution in [-0.2, 0) is 19.0 Å². The van der Waals surface area contributed by atoms with Crippen LogP contribution in [0.15, 0.2) is 54.6 Å². The Morgan fingerprint density at radius 3 is 2.68 bits per heavy atom. The number of hydrogen-bond donors (Lipinski definition) is 1. The summed E-state index contributed by atoms with van der Waals surface area (Å²) in [6.45, 7) is 3.63. The molecule has 0 aliphatic carbocycles. The number of nitrogens with zero attached hydrogens (tertiary/aromatic N) is 5. The van der Waals surface area contributed by atoms with Crippen molar-refractivity contribution >= 4 is 11.6 Å². The molecule has 4 unspecified atom stereocenters. The van der Waals surface area contributed by atoms with E-state index >= 15 is 0 Å². The third-order valence-electron chi connectivity index (χ3n) is 6.67. The Hall–Kier alpha value is -3.74. The summed E-state index contributed by atoms with van der Waals surface area (Å²) in [7, 11) is 0. The number of anilines is 1. The second-order valence-electron chi connectivity index (χ2n) is 9.04. The number of rotatable bonds is 8. The van der Waals surface area contributed by atoms with Gasteiger partial charge in [0, 0.05) is 24.8 Å². The molecule has 1 aromatic heterocycles. The number of benzene rings is 2. The number of nitrogens with one attached hydrogen (secondary N) is 1. The molecule has 6 rings (SSSR count). The molecule has 0 bridgehead atoms. The molecule has 3 aromatic rings. The first-order valence-corrected chi connectivity index (χ1v) is 12.3. The molecule has 3 aliphatic heterocycles. The summed E-state index contributed by atoms with van der Waals surface area (Å²) in [4.78, 5) is 14.7. The molecule has 12 nitrogen and oxygen atoms in total. The molecule has 0 radical (unpaired) electrons. The summed E-state index contributed by atoms with van der Waals surface area (Å²) >= 11 is 0. The molecular weight excluding hydrogens is 480 g/mol. The van der Waals surface area contributed by atoms with Gasteiger partial charge in [0.15, 0.2) is 6.61 Å². The number of para-hydroxylation sites is 1. The first kappa shape index (κ1) is 23.6. The van der Waals surface area contributed by atoms with Crippen LogP contribution >= 0.6 is 0 Å². The highest BCUT2D eigenvalue weighted by Gasteiger charge is 2.50. The van der Waals surface area contributed by atoms with Gasteiger partial charge in [-0.2, -0.15) is 4.68 Å². The van der Waals surface area contributed by atoms with Crippen molar-refractivity contribution in [2.45, 2.75) is 24.3 Å². The maximum absolute atomic E-state index is 12.5. The van der Waals surface area contributed by atoms with E-state index in [9.17, 15) is 4.79 Å². The van der Waals surface area contributed by atoms with E-state index < -0.39 is 0 Å². The largest absolute Gasteiger partial charge is 0.484 e. The predicted molar refractivity (Wildman–Crippen MR) is 130 cm³/mol. The lowest BCUT2D eigenvalue weighted by molar-refractivity contribution is -0.124. The van der Waals surface area contributed by atoms with Crippen molar-refractivity contribution in [1.82, 2.24) is 25.5 Å². The van der Waals surface area contributed by atoms with Crippen molar-refractivity contribution in [2.75, 3.05) is 51.0 Å². The maximum atomic E-state index is 12.5. The number of amides is 1. The summed E-state index contributed by atoms with van der Waals surface area (Å²) in [5, 5.41) is 15.0. The van der Waals surface area contributed by atoms with Gasteiger partial charge in [0.05, 0.1) is 32.5 Å². The molecule has 1 amide bonds. The minimum atomic E-state index is -0.328. The summed E-state index contributed by atoms with van der Waals surface area (Å²) < 4.78 is 30.7. The van der Waals surface area contributed by atoms with Gasteiger partial charge in [-0.1, -0.05) is 29.4 Å². The minimum absolute atomic E-state index is 0.0875. The van der Waals surface area contributed by atoms with Gasteiger partial charge in [0.1, 0.15) is 29.7 Å². The first-order chi connectivity index (χ1) is 18.2. The molecule has 0 saturated carbocycles. The van der Waals surface area contributed by atoms with E-state index in [-0.39, 0.29) is 42.8 Å². The van der Waals surface area contributed by atoms with Gasteiger partial charge in [-0.15, -0.1) is 0 Å². The zero-order valence-corrected chi connectivity index (χ0v) is 20.1. The van der Waals surface area contributed by atoms with Crippen LogP contribution in [0.3, 0.4) is 0 Å². The Labute approximate surface area is 213 Å². The van der Waals surface area contributed by atoms with Gasteiger partial charge in [0.2, 0.25) is 0 Å². The number of tetrazole rings is 1. The zero-order chi connectivity index (χ0) is 25.0. The second kappa shape index (κ2) is 10.7. The van der Waals surface area contributed by atoms with Crippen molar-refractivity contribution in [2.24, 2.45) is 0 Å². The van der Waals surface area contributed by atoms with E-state index in [1.54, 1.807) is 16.8 Å². The fourth-order valence-corrected chi connectivity index (χ4v) is 4.86. The van der Waals surface area contributed by atoms with Crippen molar-refractivity contribution in [3.8, 4) is 17.5 Å². The molecule has 3 saturated heterocycles. The van der Waals surface area contributed by atoms with E-state index in [1.165, 1.54) is 0 Å². The monoisotopic (exact) mass is 508 g/mol. The molecule has 194 valence electrons. The number of hydrogen-bond acceptors (Lipinski definition) is 10. The minimum Gasteiger partial charge on any atom is -0.484 e. The first-order valence-electron chi connectivity index (χ1n) is 12.3. The van der Waals surface area contributed by atoms with Crippen LogP contribution in [0.4, 0.5) is 5.69 Å². The SMILES string of the molecule is O=C(COc1ccccc1)NC1COC2C1OCC2n1nnnc1Oc1cccc(N2CCOCC2)c1. The average molecular weight is 509 g/mol. The van der Waals surface area contributed by atoms with Gasteiger partial charge in [0.25, 0.3) is 5.91 Å². The van der Waals surface area contributed by atoms with Crippen LogP contribution in [0.1, 0.15) is 6.04 Å². The summed E-state index contributed by atoms with van der Waals surface area (Å²) in [6.07, 6.45) is -0.654. The van der Waals surface area contributed by atoms with Gasteiger partial charge in [-0.05, 0) is 34.7 Å². The lowest BCUT2D eigenvalue weighted by Gasteiger charge is -2.29. The molecule has 1 N–H and O–H groups in total. The Morgan fingerprint density at radius 1 is 1.00 bits per heavy atom. The molecule has 0 spiro atoms. The van der Waals surface area contributed by atoms with E-state index in [1.807, 2.05) is 42.5 Å². The smallest absolute Gasteiger partial charge is 0.341 e. The van der Waals surface area contributed by atoms with Crippen LogP contribution < -0.4 is 19.7 Å². The molecule has 2 aromatic carbocycles. The molecule has 4 heterocycles. The molecule has 3 aliphatic rings. The average Bonchev–Trinajstić information content (AvgIpc) is 3.67. The number of morpholine rings is 1. The molecule has 37 heavy (non-hydrogen) atoms. The standard InChI is InChI=1S/C25H28N6O6/c32-22(16-34-18-6-2-1-3-7-18)26-20-14-35-24-21(15-36-23(20)24)31-25(27-28-29-31)37-19-8-4-5-17(13-19)30-9-11-33-12-10-30/h1-8,13,20-21,23-24H,9-12,14-16H2,(H,26,32). The number of fused-ring (bicyclic) bond motifs is 1. The Bertz CT molecular complexity index is 1200. The number of ether oxygens (including phenoxy) is 5. The maximum Gasteiger partial charge on any atom is 0.341 e. The van der Waals surface area contributed by atoms with Gasteiger partial charge < -0.3 is 33.9 Å². The number of carbonyl (C=O) groups excluding carboxylic acids is 1. The second-order valence-corrected chi connectivity index (χ2v) is 9.04. The van der Waals surface area contributed by atoms with Gasteiger partial charge in [-0.3, -0.25) is 4.79 Å². The van der Waals surface area contributed by atoms with Crippen LogP contribution in [0, 0.1) is 0 Å². The summed E-state index contributed by atoms with van der Waals surface area (Å²) in [5.41, 5.74) is 1.05. The normalized spacial score (nSPS) is 25.0. The summed E-state index contributed by atoms with van der Waals surface area (Å²) in [6, 6.07) is 16.7. The van der Waals surface area contributed by atoms with E-state index in [2.05, 4.69) is 25.7 Å². The lowest BCUT2D eigenvalue weighted by Crippen LogP contribution is -2.45. The van der Waals surface area contributed by atoms with Crippen molar-refractivity contribution < 1.29 is 28.5 Å². The highest BCUT2D eigenvalue weighted by molar-refractivity contribution is 5.78.